The summed E-state index contributed by atoms with van der Waals surface area (Å²) in [5, 5.41) is 2.83. The molecule has 0 spiro atoms. The molecule has 30 heavy (non-hydrogen) atoms. The van der Waals surface area contributed by atoms with Crippen molar-refractivity contribution >= 4 is 23.4 Å². The Kier molecular flexibility index (Phi) is 6.82. The minimum absolute atomic E-state index is 0.331. The number of anilines is 2. The van der Waals surface area contributed by atoms with Crippen LogP contribution in [0, 0.1) is 6.92 Å². The number of aryl methyl sites for hydroxylation is 1. The van der Waals surface area contributed by atoms with Crippen molar-refractivity contribution in [3.63, 3.8) is 0 Å². The van der Waals surface area contributed by atoms with Gasteiger partial charge in [0.1, 0.15) is 0 Å². The van der Waals surface area contributed by atoms with E-state index in [1.165, 1.54) is 24.3 Å². The molecule has 1 saturated heterocycles. The summed E-state index contributed by atoms with van der Waals surface area (Å²) < 4.78 is 37.8. The maximum Gasteiger partial charge on any atom is 0.416 e. The molecule has 1 heterocycles. The van der Waals surface area contributed by atoms with Crippen LogP contribution >= 0.6 is 0 Å². The third-order valence-corrected chi connectivity index (χ3v) is 5.32. The third kappa shape index (κ3) is 5.63. The Morgan fingerprint density at radius 2 is 1.73 bits per heavy atom. The summed E-state index contributed by atoms with van der Waals surface area (Å²) in [6.07, 6.45) is -1.56. The first-order valence-corrected chi connectivity index (χ1v) is 10.0. The van der Waals surface area contributed by atoms with Crippen molar-refractivity contribution in [3.05, 3.63) is 65.2 Å². The highest BCUT2D eigenvalue weighted by Crippen LogP contribution is 2.29. The van der Waals surface area contributed by atoms with Crippen LogP contribution in [0.5, 0.6) is 0 Å². The summed E-state index contributed by atoms with van der Waals surface area (Å²) in [7, 11) is 0. The smallest absolute Gasteiger partial charge is 0.369 e. The number of hydrogen-bond acceptors (Lipinski definition) is 3. The summed E-state index contributed by atoms with van der Waals surface area (Å²) in [4.78, 5) is 17.0. The monoisotopic (exact) mass is 417 g/mol. The zero-order valence-corrected chi connectivity index (χ0v) is 17.2. The van der Waals surface area contributed by atoms with Crippen LogP contribution in [0.25, 0.3) is 6.08 Å². The second kappa shape index (κ2) is 9.34. The van der Waals surface area contributed by atoms with E-state index in [2.05, 4.69) is 28.1 Å². The van der Waals surface area contributed by atoms with Gasteiger partial charge in [0, 0.05) is 43.6 Å². The van der Waals surface area contributed by atoms with Crippen LogP contribution in [-0.2, 0) is 11.0 Å². The lowest BCUT2D eigenvalue weighted by molar-refractivity contribution is -0.137. The van der Waals surface area contributed by atoms with Gasteiger partial charge in [-0.1, -0.05) is 19.1 Å². The van der Waals surface area contributed by atoms with Crippen molar-refractivity contribution in [1.82, 2.24) is 4.90 Å². The standard InChI is InChI=1S/C23H26F3N3O/c1-3-28-12-14-29(15-13-28)20-9-10-21(17(2)16-20)27-22(30)11-6-18-4-7-19(8-5-18)23(24,25)26/h4-11,16H,3,12-15H2,1-2H3,(H,27,30)/b11-6+. The van der Waals surface area contributed by atoms with E-state index >= 15 is 0 Å². The van der Waals surface area contributed by atoms with Gasteiger partial charge in [-0.05, 0) is 61.0 Å². The normalized spacial score (nSPS) is 15.6. The van der Waals surface area contributed by atoms with Gasteiger partial charge in [0.05, 0.1) is 5.56 Å². The summed E-state index contributed by atoms with van der Waals surface area (Å²) in [6.45, 7) is 9.23. The Balaban J connectivity index is 1.59. The number of nitrogens with one attached hydrogen (secondary N) is 1. The van der Waals surface area contributed by atoms with Gasteiger partial charge >= 0.3 is 6.18 Å². The van der Waals surface area contributed by atoms with E-state index in [-0.39, 0.29) is 5.91 Å². The minimum atomic E-state index is -4.37. The number of hydrogen-bond donors (Lipinski definition) is 1. The van der Waals surface area contributed by atoms with E-state index < -0.39 is 11.7 Å². The Morgan fingerprint density at radius 1 is 1.07 bits per heavy atom. The van der Waals surface area contributed by atoms with Crippen LogP contribution in [0.2, 0.25) is 0 Å². The number of halogens is 3. The first kappa shape index (κ1) is 21.9. The quantitative estimate of drug-likeness (QED) is 0.710. The van der Waals surface area contributed by atoms with Crippen molar-refractivity contribution in [2.45, 2.75) is 20.0 Å². The second-order valence-electron chi connectivity index (χ2n) is 7.36. The topological polar surface area (TPSA) is 35.6 Å². The molecule has 0 saturated carbocycles. The highest BCUT2D eigenvalue weighted by molar-refractivity contribution is 6.02. The lowest BCUT2D eigenvalue weighted by Gasteiger charge is -2.35. The summed E-state index contributed by atoms with van der Waals surface area (Å²) in [5.41, 5.74) is 2.63. The SMILES string of the molecule is CCN1CCN(c2ccc(NC(=O)/C=C/c3ccc(C(F)(F)F)cc3)c(C)c2)CC1. The Hall–Kier alpha value is -2.80. The summed E-state index contributed by atoms with van der Waals surface area (Å²) >= 11 is 0. The average molecular weight is 417 g/mol. The Labute approximate surface area is 175 Å². The molecule has 160 valence electrons. The fourth-order valence-electron chi connectivity index (χ4n) is 3.44. The van der Waals surface area contributed by atoms with E-state index in [1.54, 1.807) is 0 Å². The highest BCUT2D eigenvalue weighted by atomic mass is 19.4. The third-order valence-electron chi connectivity index (χ3n) is 5.32. The molecule has 2 aromatic carbocycles. The van der Waals surface area contributed by atoms with E-state index in [0.29, 0.717) is 11.3 Å². The van der Waals surface area contributed by atoms with E-state index in [1.807, 2.05) is 19.1 Å². The number of alkyl halides is 3. The first-order chi connectivity index (χ1) is 14.3. The lowest BCUT2D eigenvalue weighted by Crippen LogP contribution is -2.46. The van der Waals surface area contributed by atoms with Crippen molar-refractivity contribution < 1.29 is 18.0 Å². The van der Waals surface area contributed by atoms with Crippen LogP contribution in [0.15, 0.2) is 48.5 Å². The number of amides is 1. The summed E-state index contributed by atoms with van der Waals surface area (Å²) in [6, 6.07) is 10.6. The molecule has 0 aromatic heterocycles. The molecule has 0 bridgehead atoms. The molecule has 0 aliphatic carbocycles. The fourth-order valence-corrected chi connectivity index (χ4v) is 3.44. The zero-order chi connectivity index (χ0) is 21.7. The maximum absolute atomic E-state index is 12.6. The molecule has 4 nitrogen and oxygen atoms in total. The molecule has 1 aliphatic rings. The first-order valence-electron chi connectivity index (χ1n) is 10.0. The number of nitrogens with zero attached hydrogens (tertiary/aromatic N) is 2. The molecule has 0 atom stereocenters. The minimum Gasteiger partial charge on any atom is -0.369 e. The predicted octanol–water partition coefficient (Wildman–Crippen LogP) is 4.81. The molecule has 7 heteroatoms. The molecule has 0 unspecified atom stereocenters. The summed E-state index contributed by atoms with van der Waals surface area (Å²) in [5.74, 6) is -0.331. The number of carbonyl (C=O) groups is 1. The number of likely N-dealkylation sites (N-methyl/N-ethyl adjacent to an activating group) is 1. The maximum atomic E-state index is 12.6. The van der Waals surface area contributed by atoms with Gasteiger partial charge in [-0.3, -0.25) is 4.79 Å². The van der Waals surface area contributed by atoms with Gasteiger partial charge in [0.25, 0.3) is 0 Å². The number of benzene rings is 2. The van der Waals surface area contributed by atoms with Crippen LogP contribution in [0.1, 0.15) is 23.6 Å². The highest BCUT2D eigenvalue weighted by Gasteiger charge is 2.29. The Bertz CT molecular complexity index is 899. The molecule has 1 aliphatic heterocycles. The van der Waals surface area contributed by atoms with Crippen LogP contribution in [-0.4, -0.2) is 43.5 Å². The lowest BCUT2D eigenvalue weighted by atomic mass is 10.1. The van der Waals surface area contributed by atoms with E-state index in [9.17, 15) is 18.0 Å². The van der Waals surface area contributed by atoms with Gasteiger partial charge < -0.3 is 15.1 Å². The van der Waals surface area contributed by atoms with Crippen LogP contribution in [0.3, 0.4) is 0 Å². The van der Waals surface area contributed by atoms with Gasteiger partial charge in [0.2, 0.25) is 5.91 Å². The number of piperazine rings is 1. The van der Waals surface area contributed by atoms with Crippen molar-refractivity contribution in [2.75, 3.05) is 42.9 Å². The molecule has 2 aromatic rings. The largest absolute Gasteiger partial charge is 0.416 e. The van der Waals surface area contributed by atoms with Crippen molar-refractivity contribution in [1.29, 1.82) is 0 Å². The Morgan fingerprint density at radius 3 is 2.30 bits per heavy atom. The zero-order valence-electron chi connectivity index (χ0n) is 17.2. The van der Waals surface area contributed by atoms with Gasteiger partial charge in [0.15, 0.2) is 0 Å². The van der Waals surface area contributed by atoms with E-state index in [4.69, 9.17) is 0 Å². The number of rotatable bonds is 5. The molecule has 1 fully saturated rings. The van der Waals surface area contributed by atoms with Crippen molar-refractivity contribution in [3.8, 4) is 0 Å². The van der Waals surface area contributed by atoms with Gasteiger partial charge in [-0.2, -0.15) is 13.2 Å². The number of carbonyl (C=O) groups excluding carboxylic acids is 1. The molecular formula is C23H26F3N3O. The predicted molar refractivity (Wildman–Crippen MR) is 115 cm³/mol. The van der Waals surface area contributed by atoms with Gasteiger partial charge in [-0.15, -0.1) is 0 Å². The van der Waals surface area contributed by atoms with Gasteiger partial charge in [-0.25, -0.2) is 0 Å². The van der Waals surface area contributed by atoms with Crippen LogP contribution < -0.4 is 10.2 Å². The molecule has 1 amide bonds. The van der Waals surface area contributed by atoms with E-state index in [0.717, 1.165) is 56.1 Å². The average Bonchev–Trinajstić information content (AvgIpc) is 2.73. The molecule has 3 rings (SSSR count). The van der Waals surface area contributed by atoms with Crippen LogP contribution in [0.4, 0.5) is 24.5 Å². The van der Waals surface area contributed by atoms with Crippen molar-refractivity contribution in [2.24, 2.45) is 0 Å². The second-order valence-corrected chi connectivity index (χ2v) is 7.36. The molecule has 0 radical (unpaired) electrons. The molecule has 1 N–H and O–H groups in total. The molecular weight excluding hydrogens is 391 g/mol. The fraction of sp³-hybridized carbons (Fsp3) is 0.348.